The van der Waals surface area contributed by atoms with Gasteiger partial charge in [-0.15, -0.1) is 0 Å². The minimum absolute atomic E-state index is 0.0208. The summed E-state index contributed by atoms with van der Waals surface area (Å²) in [6.07, 6.45) is -9.26. The van der Waals surface area contributed by atoms with Crippen LogP contribution in [0.15, 0.2) is 24.4 Å². The third kappa shape index (κ3) is 6.28. The van der Waals surface area contributed by atoms with Gasteiger partial charge in [-0.25, -0.2) is 23.5 Å². The molecule has 16 heteroatoms. The van der Waals surface area contributed by atoms with Crippen LogP contribution in [0.2, 0.25) is 0 Å². The maximum absolute atomic E-state index is 14.4. The first-order chi connectivity index (χ1) is 16.7. The lowest BCUT2D eigenvalue weighted by molar-refractivity contribution is -0.154. The van der Waals surface area contributed by atoms with E-state index in [-0.39, 0.29) is 18.7 Å². The molecule has 2 atom stereocenters. The number of nitrogens with zero attached hydrogens (tertiary/aromatic N) is 3. The minimum atomic E-state index is -5.22. The van der Waals surface area contributed by atoms with Gasteiger partial charge in [0.05, 0.1) is 11.7 Å². The second kappa shape index (κ2) is 10.1. The molecule has 0 aromatic carbocycles. The number of alkyl halides is 6. The molecule has 2 unspecified atom stereocenters. The highest BCUT2D eigenvalue weighted by Gasteiger charge is 2.38. The minimum Gasteiger partial charge on any atom is -0.466 e. The summed E-state index contributed by atoms with van der Waals surface area (Å²) in [6, 6.07) is -1.79. The topological polar surface area (TPSA) is 96.5 Å². The van der Waals surface area contributed by atoms with Gasteiger partial charge in [0, 0.05) is 24.8 Å². The van der Waals surface area contributed by atoms with Gasteiger partial charge in [0.1, 0.15) is 6.04 Å². The number of nitrogens with one attached hydrogen (secondary N) is 2. The number of pyridine rings is 2. The maximum Gasteiger partial charge on any atom is 0.436 e. The third-order valence-corrected chi connectivity index (χ3v) is 4.99. The molecule has 1 aliphatic heterocycles. The fraction of sp³-hybridized carbons (Fsp3) is 0.400. The highest BCUT2D eigenvalue weighted by molar-refractivity contribution is 5.88. The number of piperazine rings is 1. The Balaban J connectivity index is 2.00. The zero-order valence-corrected chi connectivity index (χ0v) is 18.2. The number of hydrogen-bond acceptors (Lipinski definition) is 5. The number of hydrogen-bond donors (Lipinski definition) is 2. The molecule has 0 saturated carbocycles. The molecule has 0 bridgehead atoms. The van der Waals surface area contributed by atoms with Crippen molar-refractivity contribution in [1.29, 1.82) is 0 Å². The van der Waals surface area contributed by atoms with Gasteiger partial charge >= 0.3 is 18.4 Å². The number of ether oxygens (including phenoxy) is 1. The summed E-state index contributed by atoms with van der Waals surface area (Å²) >= 11 is 0. The summed E-state index contributed by atoms with van der Waals surface area (Å²) in [5.41, 5.74) is -2.85. The zero-order chi connectivity index (χ0) is 26.8. The predicted molar refractivity (Wildman–Crippen MR) is 104 cm³/mol. The van der Waals surface area contributed by atoms with Crippen LogP contribution in [-0.4, -0.2) is 58.7 Å². The van der Waals surface area contributed by atoms with Gasteiger partial charge in [-0.2, -0.15) is 26.3 Å². The van der Waals surface area contributed by atoms with Crippen LogP contribution in [-0.2, 0) is 11.0 Å². The largest absolute Gasteiger partial charge is 0.466 e. The molecule has 0 radical (unpaired) electrons. The Morgan fingerprint density at radius 2 is 1.92 bits per heavy atom. The Kier molecular flexibility index (Phi) is 7.54. The second-order valence-electron chi connectivity index (χ2n) is 7.57. The SMILES string of the molecule is CC1C(=O)NCCN1C(=O)NC(c1cnc(OCC(F)(F)F)c(F)c1)c1ccc(F)c(C(F)(F)F)n1. The summed E-state index contributed by atoms with van der Waals surface area (Å²) < 4.78 is 109. The van der Waals surface area contributed by atoms with E-state index in [0.29, 0.717) is 12.1 Å². The van der Waals surface area contributed by atoms with E-state index in [1.807, 2.05) is 0 Å². The number of amides is 3. The molecular formula is C20H17F8N5O3. The summed E-state index contributed by atoms with van der Waals surface area (Å²) in [5.74, 6) is -4.69. The first-order valence-corrected chi connectivity index (χ1v) is 10.1. The monoisotopic (exact) mass is 527 g/mol. The Hall–Kier alpha value is -3.72. The van der Waals surface area contributed by atoms with Gasteiger partial charge in [0.15, 0.2) is 23.9 Å². The maximum atomic E-state index is 14.4. The van der Waals surface area contributed by atoms with E-state index in [9.17, 15) is 44.7 Å². The fourth-order valence-electron chi connectivity index (χ4n) is 3.27. The third-order valence-electron chi connectivity index (χ3n) is 4.99. The predicted octanol–water partition coefficient (Wildman–Crippen LogP) is 3.33. The first kappa shape index (κ1) is 26.9. The number of aromatic nitrogens is 2. The zero-order valence-electron chi connectivity index (χ0n) is 18.2. The standard InChI is InChI=1S/C20H17F8N5O3/c1-9-16(34)29-4-5-33(9)18(35)32-14(13-3-2-11(21)15(31-13)20(26,27)28)10-6-12(22)17(30-7-10)36-8-19(23,24)25/h2-3,6-7,9,14H,4-5,8H2,1H3,(H,29,34)(H,32,35). The molecule has 196 valence electrons. The molecule has 36 heavy (non-hydrogen) atoms. The lowest BCUT2D eigenvalue weighted by Gasteiger charge is -2.34. The lowest BCUT2D eigenvalue weighted by Crippen LogP contribution is -2.58. The van der Waals surface area contributed by atoms with Crippen molar-refractivity contribution in [1.82, 2.24) is 25.5 Å². The summed E-state index contributed by atoms with van der Waals surface area (Å²) in [6.45, 7) is -0.378. The van der Waals surface area contributed by atoms with Crippen molar-refractivity contribution in [3.8, 4) is 5.88 Å². The van der Waals surface area contributed by atoms with Gasteiger partial charge in [-0.05, 0) is 25.1 Å². The second-order valence-corrected chi connectivity index (χ2v) is 7.57. The summed E-state index contributed by atoms with van der Waals surface area (Å²) in [4.78, 5) is 32.4. The molecule has 0 spiro atoms. The van der Waals surface area contributed by atoms with Crippen LogP contribution >= 0.6 is 0 Å². The molecule has 3 heterocycles. The van der Waals surface area contributed by atoms with Crippen LogP contribution in [0, 0.1) is 11.6 Å². The molecule has 1 saturated heterocycles. The van der Waals surface area contributed by atoms with E-state index >= 15 is 0 Å². The van der Waals surface area contributed by atoms with Crippen LogP contribution in [0.3, 0.4) is 0 Å². The average Bonchev–Trinajstić information content (AvgIpc) is 2.77. The van der Waals surface area contributed by atoms with Gasteiger partial charge < -0.3 is 20.3 Å². The number of urea groups is 1. The van der Waals surface area contributed by atoms with Gasteiger partial charge in [-0.3, -0.25) is 4.79 Å². The molecule has 3 amide bonds. The van der Waals surface area contributed by atoms with Crippen molar-refractivity contribution in [2.45, 2.75) is 31.4 Å². The molecule has 2 aromatic rings. The molecule has 2 aromatic heterocycles. The number of rotatable bonds is 5. The average molecular weight is 527 g/mol. The van der Waals surface area contributed by atoms with Crippen LogP contribution in [0.5, 0.6) is 5.88 Å². The molecule has 0 aliphatic carbocycles. The van der Waals surface area contributed by atoms with Crippen molar-refractivity contribution in [2.24, 2.45) is 0 Å². The van der Waals surface area contributed by atoms with Crippen molar-refractivity contribution in [3.63, 3.8) is 0 Å². The Labute approximate surface area is 197 Å². The van der Waals surface area contributed by atoms with E-state index < -0.39 is 71.9 Å². The van der Waals surface area contributed by atoms with E-state index in [4.69, 9.17) is 0 Å². The van der Waals surface area contributed by atoms with Gasteiger partial charge in [0.25, 0.3) is 5.88 Å². The molecular weight excluding hydrogens is 510 g/mol. The van der Waals surface area contributed by atoms with Crippen molar-refractivity contribution in [2.75, 3.05) is 19.7 Å². The number of carbonyl (C=O) groups is 2. The quantitative estimate of drug-likeness (QED) is 0.582. The molecule has 2 N–H and O–H groups in total. The normalized spacial score (nSPS) is 17.4. The van der Waals surface area contributed by atoms with Crippen molar-refractivity contribution in [3.05, 3.63) is 53.0 Å². The van der Waals surface area contributed by atoms with Crippen molar-refractivity contribution >= 4 is 11.9 Å². The molecule has 3 rings (SSSR count). The van der Waals surface area contributed by atoms with Crippen molar-refractivity contribution < 1.29 is 49.4 Å². The smallest absolute Gasteiger partial charge is 0.436 e. The van der Waals surface area contributed by atoms with Crippen LogP contribution in [0.1, 0.15) is 29.9 Å². The van der Waals surface area contributed by atoms with E-state index in [2.05, 4.69) is 25.3 Å². The fourth-order valence-corrected chi connectivity index (χ4v) is 3.27. The van der Waals surface area contributed by atoms with Crippen LogP contribution < -0.4 is 15.4 Å². The van der Waals surface area contributed by atoms with Gasteiger partial charge in [-0.1, -0.05) is 0 Å². The summed E-state index contributed by atoms with van der Waals surface area (Å²) in [7, 11) is 0. The lowest BCUT2D eigenvalue weighted by atomic mass is 10.0. The van der Waals surface area contributed by atoms with Crippen LogP contribution in [0.25, 0.3) is 0 Å². The summed E-state index contributed by atoms with van der Waals surface area (Å²) in [5, 5.41) is 4.81. The Bertz CT molecular complexity index is 1140. The number of halogens is 8. The van der Waals surface area contributed by atoms with E-state index in [1.165, 1.54) is 6.92 Å². The molecule has 8 nitrogen and oxygen atoms in total. The van der Waals surface area contributed by atoms with E-state index in [1.54, 1.807) is 0 Å². The Morgan fingerprint density at radius 1 is 1.22 bits per heavy atom. The highest BCUT2D eigenvalue weighted by Crippen LogP contribution is 2.32. The van der Waals surface area contributed by atoms with Gasteiger partial charge in [0.2, 0.25) is 5.91 Å². The van der Waals surface area contributed by atoms with Crippen LogP contribution in [0.4, 0.5) is 39.9 Å². The molecule has 1 fully saturated rings. The first-order valence-electron chi connectivity index (χ1n) is 10.1. The highest BCUT2D eigenvalue weighted by atomic mass is 19.4. The molecule has 1 aliphatic rings. The van der Waals surface area contributed by atoms with E-state index in [0.717, 1.165) is 17.2 Å². The Morgan fingerprint density at radius 3 is 2.53 bits per heavy atom. The number of carbonyl (C=O) groups excluding carboxylic acids is 2.